The first-order valence-corrected chi connectivity index (χ1v) is 11.8. The van der Waals surface area contributed by atoms with Gasteiger partial charge in [-0.3, -0.25) is 14.5 Å². The van der Waals surface area contributed by atoms with Gasteiger partial charge in [-0.1, -0.05) is 41.7 Å². The van der Waals surface area contributed by atoms with Gasteiger partial charge in [0.05, 0.1) is 15.1 Å². The summed E-state index contributed by atoms with van der Waals surface area (Å²) in [5.41, 5.74) is 2.62. The lowest BCUT2D eigenvalue weighted by Crippen LogP contribution is -2.22. The third kappa shape index (κ3) is 5.98. The number of aryl methyl sites for hydroxylation is 1. The fourth-order valence-electron chi connectivity index (χ4n) is 2.74. The Hall–Kier alpha value is -2.11. The van der Waals surface area contributed by atoms with Gasteiger partial charge in [0.15, 0.2) is 18.1 Å². The third-order valence-electron chi connectivity index (χ3n) is 4.30. The molecule has 9 heteroatoms. The Balaban J connectivity index is 1.76. The van der Waals surface area contributed by atoms with Gasteiger partial charge in [-0.25, -0.2) is 0 Å². The van der Waals surface area contributed by atoms with Crippen molar-refractivity contribution in [3.05, 3.63) is 56.0 Å². The molecule has 0 spiro atoms. The average molecular weight is 568 g/mol. The molecular weight excluding hydrogens is 547 g/mol. The van der Waals surface area contributed by atoms with Crippen molar-refractivity contribution in [2.45, 2.75) is 13.8 Å². The first-order chi connectivity index (χ1) is 14.8. The number of halogens is 1. The van der Waals surface area contributed by atoms with Gasteiger partial charge in [0, 0.05) is 12.7 Å². The number of amides is 2. The number of anilines is 1. The van der Waals surface area contributed by atoms with E-state index in [-0.39, 0.29) is 18.4 Å². The Morgan fingerprint density at radius 1 is 1.26 bits per heavy atom. The van der Waals surface area contributed by atoms with Crippen LogP contribution in [-0.4, -0.2) is 41.3 Å². The monoisotopic (exact) mass is 568 g/mol. The molecule has 31 heavy (non-hydrogen) atoms. The topological polar surface area (TPSA) is 67.9 Å². The minimum atomic E-state index is -0.266. The number of ether oxygens (including phenoxy) is 2. The number of thiocarbonyl (C=S) groups is 1. The van der Waals surface area contributed by atoms with Crippen LogP contribution in [0.3, 0.4) is 0 Å². The van der Waals surface area contributed by atoms with Crippen molar-refractivity contribution in [2.24, 2.45) is 0 Å². The number of likely N-dealkylation sites (N-methyl/N-ethyl adjacent to an activating group) is 1. The second-order valence-electron chi connectivity index (χ2n) is 6.71. The molecule has 162 valence electrons. The van der Waals surface area contributed by atoms with Gasteiger partial charge in [-0.2, -0.15) is 0 Å². The molecule has 0 bridgehead atoms. The number of carbonyl (C=O) groups is 2. The number of hydrogen-bond acceptors (Lipinski definition) is 6. The highest BCUT2D eigenvalue weighted by atomic mass is 127. The van der Waals surface area contributed by atoms with Crippen LogP contribution < -0.4 is 14.8 Å². The Labute approximate surface area is 204 Å². The van der Waals surface area contributed by atoms with Crippen LogP contribution in [0.1, 0.15) is 18.1 Å². The molecule has 0 aromatic heterocycles. The molecule has 0 saturated carbocycles. The highest BCUT2D eigenvalue weighted by molar-refractivity contribution is 14.1. The summed E-state index contributed by atoms with van der Waals surface area (Å²) in [5, 5.41) is 2.81. The summed E-state index contributed by atoms with van der Waals surface area (Å²) in [6.07, 6.45) is 1.78. The maximum Gasteiger partial charge on any atom is 0.265 e. The second kappa shape index (κ2) is 10.5. The highest BCUT2D eigenvalue weighted by Crippen LogP contribution is 2.37. The van der Waals surface area contributed by atoms with E-state index < -0.39 is 0 Å². The number of nitrogens with zero attached hydrogens (tertiary/aromatic N) is 1. The molecule has 2 aromatic carbocycles. The lowest BCUT2D eigenvalue weighted by atomic mass is 10.2. The SMILES string of the molecule is CCOc1cc(/C=C2\SC(=S)N(C)C2=O)cc(I)c1OCC(=O)Nc1ccc(C)cc1. The van der Waals surface area contributed by atoms with Crippen LogP contribution in [-0.2, 0) is 9.59 Å². The molecule has 0 atom stereocenters. The van der Waals surface area contributed by atoms with Gasteiger partial charge in [-0.15, -0.1) is 0 Å². The maximum absolute atomic E-state index is 12.3. The Morgan fingerprint density at radius 3 is 2.58 bits per heavy atom. The second-order valence-corrected chi connectivity index (χ2v) is 9.54. The van der Waals surface area contributed by atoms with Crippen LogP contribution in [0.2, 0.25) is 0 Å². The number of hydrogen-bond donors (Lipinski definition) is 1. The highest BCUT2D eigenvalue weighted by Gasteiger charge is 2.28. The standard InChI is InChI=1S/C22H21IN2O4S2/c1-4-28-17-10-14(11-18-21(27)25(3)22(30)31-18)9-16(23)20(17)29-12-19(26)24-15-7-5-13(2)6-8-15/h5-11H,4,12H2,1-3H3,(H,24,26)/b18-11-. The summed E-state index contributed by atoms with van der Waals surface area (Å²) in [6.45, 7) is 4.13. The van der Waals surface area contributed by atoms with Crippen molar-refractivity contribution >= 4 is 74.5 Å². The molecule has 0 radical (unpaired) electrons. The predicted octanol–water partition coefficient (Wildman–Crippen LogP) is 4.85. The van der Waals surface area contributed by atoms with Crippen molar-refractivity contribution in [1.29, 1.82) is 0 Å². The summed E-state index contributed by atoms with van der Waals surface area (Å²) in [5.74, 6) is 0.603. The number of thioether (sulfide) groups is 1. The van der Waals surface area contributed by atoms with Gasteiger partial charge in [0.2, 0.25) is 0 Å². The quantitative estimate of drug-likeness (QED) is 0.293. The van der Waals surface area contributed by atoms with Crippen molar-refractivity contribution in [3.8, 4) is 11.5 Å². The Morgan fingerprint density at radius 2 is 1.97 bits per heavy atom. The molecule has 2 aromatic rings. The molecule has 2 amide bonds. The first-order valence-electron chi connectivity index (χ1n) is 9.45. The van der Waals surface area contributed by atoms with Crippen molar-refractivity contribution in [1.82, 2.24) is 4.90 Å². The summed E-state index contributed by atoms with van der Waals surface area (Å²) < 4.78 is 12.8. The van der Waals surface area contributed by atoms with Crippen LogP contribution in [0.5, 0.6) is 11.5 Å². The Bertz CT molecular complexity index is 1050. The van der Waals surface area contributed by atoms with Crippen LogP contribution in [0, 0.1) is 10.5 Å². The van der Waals surface area contributed by atoms with E-state index >= 15 is 0 Å². The largest absolute Gasteiger partial charge is 0.490 e. The first kappa shape index (κ1) is 23.6. The molecule has 1 aliphatic rings. The third-order valence-corrected chi connectivity index (χ3v) is 6.58. The fourth-order valence-corrected chi connectivity index (χ4v) is 4.70. The number of carbonyl (C=O) groups excluding carboxylic acids is 2. The number of rotatable bonds is 7. The summed E-state index contributed by atoms with van der Waals surface area (Å²) in [6, 6.07) is 11.2. The van der Waals surface area contributed by atoms with E-state index in [0.29, 0.717) is 33.0 Å². The van der Waals surface area contributed by atoms with Crippen molar-refractivity contribution in [3.63, 3.8) is 0 Å². The zero-order valence-electron chi connectivity index (χ0n) is 17.2. The van der Waals surface area contributed by atoms with E-state index in [2.05, 4.69) is 27.9 Å². The van der Waals surface area contributed by atoms with Gasteiger partial charge in [-0.05, 0) is 72.3 Å². The van der Waals surface area contributed by atoms with Crippen LogP contribution in [0.4, 0.5) is 5.69 Å². The van der Waals surface area contributed by atoms with E-state index in [0.717, 1.165) is 14.7 Å². The smallest absolute Gasteiger partial charge is 0.265 e. The van der Waals surface area contributed by atoms with Gasteiger partial charge < -0.3 is 14.8 Å². The number of benzene rings is 2. The lowest BCUT2D eigenvalue weighted by Gasteiger charge is -2.15. The van der Waals surface area contributed by atoms with E-state index in [1.165, 1.54) is 16.7 Å². The fraction of sp³-hybridized carbons (Fsp3) is 0.227. The predicted molar refractivity (Wildman–Crippen MR) is 137 cm³/mol. The molecule has 1 aliphatic heterocycles. The maximum atomic E-state index is 12.3. The number of nitrogens with one attached hydrogen (secondary N) is 1. The normalized spacial score (nSPS) is 14.8. The van der Waals surface area contributed by atoms with E-state index in [1.54, 1.807) is 19.2 Å². The molecule has 3 rings (SSSR count). The summed E-state index contributed by atoms with van der Waals surface area (Å²) in [4.78, 5) is 26.6. The van der Waals surface area contributed by atoms with Gasteiger partial charge in [0.25, 0.3) is 11.8 Å². The van der Waals surface area contributed by atoms with E-state index in [1.807, 2.05) is 44.2 Å². The molecule has 1 heterocycles. The van der Waals surface area contributed by atoms with Crippen LogP contribution in [0.25, 0.3) is 6.08 Å². The van der Waals surface area contributed by atoms with E-state index in [4.69, 9.17) is 21.7 Å². The molecule has 0 unspecified atom stereocenters. The zero-order chi connectivity index (χ0) is 22.5. The minimum Gasteiger partial charge on any atom is -0.490 e. The van der Waals surface area contributed by atoms with Crippen LogP contribution in [0.15, 0.2) is 41.3 Å². The Kier molecular flexibility index (Phi) is 7.95. The van der Waals surface area contributed by atoms with Crippen molar-refractivity contribution in [2.75, 3.05) is 25.6 Å². The zero-order valence-corrected chi connectivity index (χ0v) is 21.0. The minimum absolute atomic E-state index is 0.129. The molecule has 0 aliphatic carbocycles. The lowest BCUT2D eigenvalue weighted by molar-refractivity contribution is -0.121. The molecule has 6 nitrogen and oxygen atoms in total. The summed E-state index contributed by atoms with van der Waals surface area (Å²) in [7, 11) is 1.66. The van der Waals surface area contributed by atoms with Crippen molar-refractivity contribution < 1.29 is 19.1 Å². The molecule has 1 fully saturated rings. The van der Waals surface area contributed by atoms with Crippen LogP contribution >= 0.6 is 46.6 Å². The van der Waals surface area contributed by atoms with E-state index in [9.17, 15) is 9.59 Å². The van der Waals surface area contributed by atoms with Gasteiger partial charge in [0.1, 0.15) is 4.32 Å². The summed E-state index contributed by atoms with van der Waals surface area (Å²) >= 11 is 8.58. The van der Waals surface area contributed by atoms with Gasteiger partial charge >= 0.3 is 0 Å². The molecule has 1 N–H and O–H groups in total. The molecule has 1 saturated heterocycles. The molecular formula is C22H21IN2O4S2. The average Bonchev–Trinajstić information content (AvgIpc) is 2.96.